The number of hydrogen-bond acceptors (Lipinski definition) is 4. The van der Waals surface area contributed by atoms with Gasteiger partial charge in [-0.15, -0.1) is 0 Å². The van der Waals surface area contributed by atoms with Crippen LogP contribution in [0.25, 0.3) is 0 Å². The molecule has 71 valence electrons. The van der Waals surface area contributed by atoms with Crippen LogP contribution in [0, 0.1) is 0 Å². The van der Waals surface area contributed by atoms with Gasteiger partial charge in [0.05, 0.1) is 0 Å². The van der Waals surface area contributed by atoms with E-state index in [-0.39, 0.29) is 5.91 Å². The fraction of sp³-hybridized carbons (Fsp3) is 0.375. The molecule has 0 radical (unpaired) electrons. The van der Waals surface area contributed by atoms with Gasteiger partial charge in [0.25, 0.3) is 0 Å². The molecule has 0 aromatic carbocycles. The second kappa shape index (κ2) is 4.46. The Morgan fingerprint density at radius 1 is 1.50 bits per heavy atom. The van der Waals surface area contributed by atoms with Crippen molar-refractivity contribution in [3.8, 4) is 5.88 Å². The van der Waals surface area contributed by atoms with Crippen LogP contribution in [0.1, 0.15) is 10.5 Å². The molecule has 0 saturated carbocycles. The van der Waals surface area contributed by atoms with Crippen molar-refractivity contribution >= 4 is 10.1 Å². The summed E-state index contributed by atoms with van der Waals surface area (Å²) < 4.78 is 5.90. The average molecular weight is 246 g/mol. The minimum atomic E-state index is -0.144. The Labute approximate surface area is 92.1 Å². The van der Waals surface area contributed by atoms with Gasteiger partial charge in [0.2, 0.25) is 0 Å². The van der Waals surface area contributed by atoms with E-state index in [2.05, 4.69) is 10.2 Å². The number of nitrogens with zero attached hydrogens (tertiary/aromatic N) is 3. The van der Waals surface area contributed by atoms with Gasteiger partial charge in [-0.25, -0.2) is 0 Å². The van der Waals surface area contributed by atoms with Crippen LogP contribution in [0.5, 0.6) is 5.88 Å². The van der Waals surface area contributed by atoms with Crippen LogP contribution >= 0.6 is 0 Å². The van der Waals surface area contributed by atoms with Gasteiger partial charge in [-0.3, -0.25) is 0 Å². The molecule has 1 aromatic rings. The SMILES string of the molecule is COc1nnc(C(=O)N(C)C)c[c]1[Zn]. The van der Waals surface area contributed by atoms with Crippen molar-refractivity contribution in [3.63, 3.8) is 0 Å². The predicted octanol–water partition coefficient (Wildman–Crippen LogP) is -0.641. The van der Waals surface area contributed by atoms with E-state index >= 15 is 0 Å². The second-order valence-electron chi connectivity index (χ2n) is 2.96. The Morgan fingerprint density at radius 3 is 2.57 bits per heavy atom. The Kier molecular flexibility index (Phi) is 3.52. The summed E-state index contributed by atoms with van der Waals surface area (Å²) in [5.41, 5.74) is 0.358. The number of hydrogen-bond donors (Lipinski definition) is 0. The van der Waals surface area contributed by atoms with Crippen molar-refractivity contribution in [1.82, 2.24) is 15.1 Å². The Bertz CT molecular complexity index is 354. The van der Waals surface area contributed by atoms with Crippen molar-refractivity contribution < 1.29 is 27.8 Å². The molecule has 0 bridgehead atoms. The van der Waals surface area contributed by atoms with Crippen LogP contribution in [0.2, 0.25) is 0 Å². The van der Waals surface area contributed by atoms with Crippen molar-refractivity contribution in [3.05, 3.63) is 11.8 Å². The maximum atomic E-state index is 11.5. The molecule has 0 aliphatic heterocycles. The monoisotopic (exact) mass is 244 g/mol. The van der Waals surface area contributed by atoms with Gasteiger partial charge in [0.15, 0.2) is 0 Å². The van der Waals surface area contributed by atoms with Gasteiger partial charge in [0.1, 0.15) is 0 Å². The molecular weight excluding hydrogens is 235 g/mol. The molecule has 0 saturated heterocycles. The first-order valence-electron chi connectivity index (χ1n) is 4.01. The Balaban J connectivity index is 3.03. The summed E-state index contributed by atoms with van der Waals surface area (Å²) in [6, 6.07) is 1.72. The maximum absolute atomic E-state index is 11.5. The Morgan fingerprint density at radius 2 is 2.14 bits per heavy atom. The fourth-order valence-electron chi connectivity index (χ4n) is 0.925. The number of carbonyl (C=O) groups is 1. The molecule has 0 aliphatic rings. The molecule has 6 heteroatoms. The summed E-state index contributed by atoms with van der Waals surface area (Å²) >= 11 is 0.881. The molecule has 5 nitrogen and oxygen atoms in total. The fourth-order valence-corrected chi connectivity index (χ4v) is 1.78. The molecule has 1 amide bonds. The van der Waals surface area contributed by atoms with Gasteiger partial charge in [-0.1, -0.05) is 0 Å². The van der Waals surface area contributed by atoms with E-state index in [1.165, 1.54) is 12.0 Å². The van der Waals surface area contributed by atoms with Gasteiger partial charge in [0, 0.05) is 0 Å². The zero-order valence-corrected chi connectivity index (χ0v) is 11.4. The third-order valence-corrected chi connectivity index (χ3v) is 2.72. The predicted molar refractivity (Wildman–Crippen MR) is 46.2 cm³/mol. The molecule has 0 N–H and O–H groups in total. The van der Waals surface area contributed by atoms with E-state index in [4.69, 9.17) is 4.74 Å². The van der Waals surface area contributed by atoms with Crippen LogP contribution in [0.15, 0.2) is 6.07 Å². The van der Waals surface area contributed by atoms with Crippen molar-refractivity contribution in [2.75, 3.05) is 21.2 Å². The van der Waals surface area contributed by atoms with Gasteiger partial charge >= 0.3 is 91.8 Å². The van der Waals surface area contributed by atoms with E-state index in [0.717, 1.165) is 22.5 Å². The van der Waals surface area contributed by atoms with Crippen molar-refractivity contribution in [2.24, 2.45) is 0 Å². The van der Waals surface area contributed by atoms with E-state index < -0.39 is 0 Å². The number of aromatic nitrogens is 2. The zero-order valence-electron chi connectivity index (χ0n) is 8.44. The molecule has 0 aliphatic carbocycles. The molecule has 0 unspecified atom stereocenters. The first-order valence-corrected chi connectivity index (χ1v) is 5.50. The first-order chi connectivity index (χ1) is 6.56. The van der Waals surface area contributed by atoms with Crippen LogP contribution in [0.3, 0.4) is 0 Å². The normalized spacial score (nSPS) is 9.79. The van der Waals surface area contributed by atoms with Gasteiger partial charge in [-0.05, 0) is 0 Å². The van der Waals surface area contributed by atoms with E-state index in [1.54, 1.807) is 20.2 Å². The average Bonchev–Trinajstić information content (AvgIpc) is 2.16. The molecule has 0 spiro atoms. The number of ether oxygens (including phenoxy) is 1. The molecule has 0 fully saturated rings. The summed E-state index contributed by atoms with van der Waals surface area (Å²) in [6.45, 7) is 0. The molecular formula is C8H10N3O2Zn. The molecule has 1 heterocycles. The van der Waals surface area contributed by atoms with Crippen LogP contribution in [0.4, 0.5) is 0 Å². The summed E-state index contributed by atoms with van der Waals surface area (Å²) in [6.07, 6.45) is 0. The van der Waals surface area contributed by atoms with Gasteiger partial charge < -0.3 is 0 Å². The number of amides is 1. The molecule has 0 atom stereocenters. The Hall–Kier alpha value is -1.03. The summed E-state index contributed by atoms with van der Waals surface area (Å²) in [4.78, 5) is 13.0. The summed E-state index contributed by atoms with van der Waals surface area (Å²) in [5.74, 6) is 0.357. The standard InChI is InChI=1S/C8H10N3O2.Zn/c1-11(2)8(12)6-4-5-7(13-3)10-9-6;/h4H,1-3H3;. The molecule has 1 aromatic heterocycles. The summed E-state index contributed by atoms with van der Waals surface area (Å²) in [5, 5.41) is 7.60. The number of rotatable bonds is 2. The second-order valence-corrected chi connectivity index (χ2v) is 4.56. The first kappa shape index (κ1) is 11.1. The quantitative estimate of drug-likeness (QED) is 0.651. The molecule has 14 heavy (non-hydrogen) atoms. The topological polar surface area (TPSA) is 55.3 Å². The minimum absolute atomic E-state index is 0.144. The van der Waals surface area contributed by atoms with E-state index in [9.17, 15) is 4.79 Å². The van der Waals surface area contributed by atoms with Crippen LogP contribution in [-0.2, 0) is 18.3 Å². The zero-order chi connectivity index (χ0) is 10.7. The molecule has 1 rings (SSSR count). The van der Waals surface area contributed by atoms with Crippen molar-refractivity contribution in [2.45, 2.75) is 0 Å². The third kappa shape index (κ3) is 2.26. The third-order valence-electron chi connectivity index (χ3n) is 1.65. The van der Waals surface area contributed by atoms with Crippen molar-refractivity contribution in [1.29, 1.82) is 0 Å². The number of methoxy groups -OCH3 is 1. The van der Waals surface area contributed by atoms with E-state index in [0.29, 0.717) is 11.6 Å². The number of carbonyl (C=O) groups excluding carboxylic acids is 1. The summed E-state index contributed by atoms with van der Waals surface area (Å²) in [7, 11) is 4.90. The van der Waals surface area contributed by atoms with E-state index in [1.807, 2.05) is 0 Å². The van der Waals surface area contributed by atoms with Crippen LogP contribution < -0.4 is 8.89 Å². The van der Waals surface area contributed by atoms with Gasteiger partial charge in [-0.2, -0.15) is 0 Å². The van der Waals surface area contributed by atoms with Crippen LogP contribution in [-0.4, -0.2) is 42.2 Å².